The van der Waals surface area contributed by atoms with Crippen molar-refractivity contribution in [2.24, 2.45) is 24.8 Å². The molecule has 0 spiro atoms. The van der Waals surface area contributed by atoms with E-state index in [0.717, 1.165) is 25.1 Å². The van der Waals surface area contributed by atoms with Crippen molar-refractivity contribution in [3.8, 4) is 0 Å². The summed E-state index contributed by atoms with van der Waals surface area (Å²) in [6, 6.07) is 0. The van der Waals surface area contributed by atoms with Crippen LogP contribution in [0.15, 0.2) is 12.4 Å². The van der Waals surface area contributed by atoms with Crippen LogP contribution in [0.3, 0.4) is 0 Å². The highest BCUT2D eigenvalue weighted by molar-refractivity contribution is 5.71. The third-order valence-electron chi connectivity index (χ3n) is 4.34. The van der Waals surface area contributed by atoms with E-state index < -0.39 is 5.97 Å². The highest BCUT2D eigenvalue weighted by Crippen LogP contribution is 2.42. The molecule has 18 heavy (non-hydrogen) atoms. The van der Waals surface area contributed by atoms with Gasteiger partial charge in [-0.05, 0) is 31.1 Å². The van der Waals surface area contributed by atoms with Crippen LogP contribution < -0.4 is 0 Å². The van der Waals surface area contributed by atoms with Gasteiger partial charge in [-0.25, -0.2) is 4.98 Å². The minimum atomic E-state index is -0.676. The predicted molar refractivity (Wildman–Crippen MR) is 69.3 cm³/mol. The number of aromatic nitrogens is 2. The van der Waals surface area contributed by atoms with Crippen LogP contribution in [0.4, 0.5) is 0 Å². The number of carboxylic acids is 1. The van der Waals surface area contributed by atoms with Crippen LogP contribution in [0.25, 0.3) is 0 Å². The predicted octanol–water partition coefficient (Wildman–Crippen LogP) is 2.66. The lowest BCUT2D eigenvalue weighted by atomic mass is 9.70. The number of rotatable bonds is 3. The van der Waals surface area contributed by atoms with E-state index >= 15 is 0 Å². The number of hydrogen-bond acceptors (Lipinski definition) is 2. The molecular weight excluding hydrogens is 228 g/mol. The average molecular weight is 250 g/mol. The molecule has 0 aliphatic heterocycles. The molecule has 0 bridgehead atoms. The Morgan fingerprint density at radius 2 is 2.22 bits per heavy atom. The maximum Gasteiger partial charge on any atom is 0.307 e. The summed E-state index contributed by atoms with van der Waals surface area (Å²) in [5.74, 6) is 1.26. The van der Waals surface area contributed by atoms with E-state index in [-0.39, 0.29) is 11.8 Å². The number of aliphatic carboxylic acids is 1. The van der Waals surface area contributed by atoms with Crippen molar-refractivity contribution in [1.29, 1.82) is 0 Å². The quantitative estimate of drug-likeness (QED) is 0.897. The van der Waals surface area contributed by atoms with E-state index in [2.05, 4.69) is 18.8 Å². The summed E-state index contributed by atoms with van der Waals surface area (Å²) in [5, 5.41) is 9.39. The van der Waals surface area contributed by atoms with Crippen molar-refractivity contribution in [3.05, 3.63) is 18.2 Å². The summed E-state index contributed by atoms with van der Waals surface area (Å²) < 4.78 is 1.96. The molecule has 1 N–H and O–H groups in total. The minimum absolute atomic E-state index is 0.0589. The van der Waals surface area contributed by atoms with Gasteiger partial charge in [-0.15, -0.1) is 0 Å². The molecule has 0 amide bonds. The Hall–Kier alpha value is -1.32. The topological polar surface area (TPSA) is 55.1 Å². The van der Waals surface area contributed by atoms with Gasteiger partial charge in [0.25, 0.3) is 0 Å². The van der Waals surface area contributed by atoms with Crippen molar-refractivity contribution in [2.45, 2.75) is 39.0 Å². The summed E-state index contributed by atoms with van der Waals surface area (Å²) in [5.41, 5.74) is 0. The van der Waals surface area contributed by atoms with Gasteiger partial charge < -0.3 is 9.67 Å². The lowest BCUT2D eigenvalue weighted by Crippen LogP contribution is -2.32. The monoisotopic (exact) mass is 250 g/mol. The third kappa shape index (κ3) is 2.42. The van der Waals surface area contributed by atoms with Gasteiger partial charge in [-0.1, -0.05) is 13.8 Å². The molecule has 1 fully saturated rings. The van der Waals surface area contributed by atoms with Crippen molar-refractivity contribution in [1.82, 2.24) is 9.55 Å². The van der Waals surface area contributed by atoms with Crippen molar-refractivity contribution in [3.63, 3.8) is 0 Å². The fraction of sp³-hybridized carbons (Fsp3) is 0.714. The molecule has 1 aliphatic rings. The number of imidazole rings is 1. The fourth-order valence-corrected chi connectivity index (χ4v) is 3.12. The van der Waals surface area contributed by atoms with E-state index in [1.807, 2.05) is 17.8 Å². The molecule has 1 saturated carbocycles. The summed E-state index contributed by atoms with van der Waals surface area (Å²) in [7, 11) is 1.94. The molecule has 100 valence electrons. The van der Waals surface area contributed by atoms with Crippen LogP contribution in [-0.2, 0) is 11.8 Å². The summed E-state index contributed by atoms with van der Waals surface area (Å²) in [6.07, 6.45) is 6.39. The van der Waals surface area contributed by atoms with E-state index in [0.29, 0.717) is 11.8 Å². The zero-order chi connectivity index (χ0) is 13.3. The number of hydrogen-bond donors (Lipinski definition) is 1. The molecule has 0 radical (unpaired) electrons. The molecule has 1 aromatic heterocycles. The van der Waals surface area contributed by atoms with Crippen molar-refractivity contribution >= 4 is 5.97 Å². The van der Waals surface area contributed by atoms with Gasteiger partial charge >= 0.3 is 5.97 Å². The van der Waals surface area contributed by atoms with Crippen LogP contribution in [0.1, 0.15) is 44.9 Å². The molecule has 3 unspecified atom stereocenters. The molecule has 0 aromatic carbocycles. The molecule has 4 heteroatoms. The number of nitrogens with zero attached hydrogens (tertiary/aromatic N) is 2. The van der Waals surface area contributed by atoms with E-state index in [4.69, 9.17) is 0 Å². The maximum atomic E-state index is 11.4. The largest absolute Gasteiger partial charge is 0.481 e. The van der Waals surface area contributed by atoms with E-state index in [1.54, 1.807) is 6.20 Å². The first kappa shape index (κ1) is 13.1. The lowest BCUT2D eigenvalue weighted by Gasteiger charge is -2.35. The molecule has 3 atom stereocenters. The van der Waals surface area contributed by atoms with Crippen LogP contribution in [0, 0.1) is 17.8 Å². The van der Waals surface area contributed by atoms with Gasteiger partial charge in [0.2, 0.25) is 0 Å². The van der Waals surface area contributed by atoms with Crippen molar-refractivity contribution in [2.75, 3.05) is 0 Å². The van der Waals surface area contributed by atoms with E-state index in [9.17, 15) is 9.90 Å². The Bertz CT molecular complexity index is 425. The molecule has 0 saturated heterocycles. The lowest BCUT2D eigenvalue weighted by molar-refractivity contribution is -0.144. The molecule has 4 nitrogen and oxygen atoms in total. The molecular formula is C14H22N2O2. The smallest absolute Gasteiger partial charge is 0.307 e. The second-order valence-electron chi connectivity index (χ2n) is 5.76. The normalized spacial score (nSPS) is 28.6. The van der Waals surface area contributed by atoms with Gasteiger partial charge in [0.05, 0.1) is 5.92 Å². The van der Waals surface area contributed by atoms with Gasteiger partial charge in [-0.3, -0.25) is 4.79 Å². The summed E-state index contributed by atoms with van der Waals surface area (Å²) >= 11 is 0. The van der Waals surface area contributed by atoms with Crippen LogP contribution in [-0.4, -0.2) is 20.6 Å². The van der Waals surface area contributed by atoms with Crippen LogP contribution >= 0.6 is 0 Å². The fourth-order valence-electron chi connectivity index (χ4n) is 3.12. The SMILES string of the molecule is CC(C)C1CCC(C(=O)O)C(c2nccn2C)C1. The highest BCUT2D eigenvalue weighted by atomic mass is 16.4. The Labute approximate surface area is 108 Å². The molecule has 1 aromatic rings. The Morgan fingerprint density at radius 3 is 2.72 bits per heavy atom. The minimum Gasteiger partial charge on any atom is -0.481 e. The number of aryl methyl sites for hydroxylation is 1. The third-order valence-corrected chi connectivity index (χ3v) is 4.34. The molecule has 1 heterocycles. The standard InChI is InChI=1S/C14H22N2O2/c1-9(2)10-4-5-11(14(17)18)12(8-10)13-15-6-7-16(13)3/h6-7,9-12H,4-5,8H2,1-3H3,(H,17,18). The molecule has 1 aliphatic carbocycles. The number of carboxylic acid groups (broad SMARTS) is 1. The first-order chi connectivity index (χ1) is 8.50. The second-order valence-corrected chi connectivity index (χ2v) is 5.76. The second kappa shape index (κ2) is 5.12. The Morgan fingerprint density at radius 1 is 1.50 bits per heavy atom. The average Bonchev–Trinajstić information content (AvgIpc) is 2.74. The maximum absolute atomic E-state index is 11.4. The summed E-state index contributed by atoms with van der Waals surface area (Å²) in [4.78, 5) is 15.8. The Balaban J connectivity index is 2.25. The number of carbonyl (C=O) groups is 1. The van der Waals surface area contributed by atoms with Gasteiger partial charge in [-0.2, -0.15) is 0 Å². The zero-order valence-corrected chi connectivity index (χ0v) is 11.3. The van der Waals surface area contributed by atoms with Gasteiger partial charge in [0.15, 0.2) is 0 Å². The molecule has 2 rings (SSSR count). The van der Waals surface area contributed by atoms with Gasteiger partial charge in [0.1, 0.15) is 5.82 Å². The van der Waals surface area contributed by atoms with E-state index in [1.165, 1.54) is 0 Å². The first-order valence-corrected chi connectivity index (χ1v) is 6.70. The Kier molecular flexibility index (Phi) is 3.73. The van der Waals surface area contributed by atoms with Crippen LogP contribution in [0.5, 0.6) is 0 Å². The highest BCUT2D eigenvalue weighted by Gasteiger charge is 2.38. The zero-order valence-electron chi connectivity index (χ0n) is 11.3. The van der Waals surface area contributed by atoms with Crippen LogP contribution in [0.2, 0.25) is 0 Å². The van der Waals surface area contributed by atoms with Crippen molar-refractivity contribution < 1.29 is 9.90 Å². The summed E-state index contributed by atoms with van der Waals surface area (Å²) in [6.45, 7) is 4.45. The first-order valence-electron chi connectivity index (χ1n) is 6.70. The van der Waals surface area contributed by atoms with Gasteiger partial charge in [0, 0.05) is 25.4 Å².